The van der Waals surface area contributed by atoms with Crippen LogP contribution in [-0.2, 0) is 13.0 Å². The quantitative estimate of drug-likeness (QED) is 0.251. The van der Waals surface area contributed by atoms with E-state index in [0.29, 0.717) is 0 Å². The van der Waals surface area contributed by atoms with Crippen molar-refractivity contribution in [3.05, 3.63) is 70.8 Å². The van der Waals surface area contributed by atoms with Gasteiger partial charge < -0.3 is 16.3 Å². The van der Waals surface area contributed by atoms with Crippen LogP contribution in [0.5, 0.6) is 0 Å². The van der Waals surface area contributed by atoms with Crippen LogP contribution in [0.4, 0.5) is 0 Å². The van der Waals surface area contributed by atoms with E-state index in [4.69, 9.17) is 10.9 Å². The molecule has 2 rings (SSSR count). The van der Waals surface area contributed by atoms with E-state index < -0.39 is 0 Å². The Morgan fingerprint density at radius 1 is 1.14 bits per heavy atom. The number of nitrogens with two attached hydrogens (primary N) is 1. The second-order valence-electron chi connectivity index (χ2n) is 5.10. The third-order valence-electron chi connectivity index (χ3n) is 3.33. The average molecular weight is 283 g/mol. The summed E-state index contributed by atoms with van der Waals surface area (Å²) < 4.78 is 0. The van der Waals surface area contributed by atoms with Gasteiger partial charge in [0.25, 0.3) is 0 Å². The Balaban J connectivity index is 1.84. The molecule has 0 saturated carbocycles. The van der Waals surface area contributed by atoms with Crippen LogP contribution in [0.1, 0.15) is 22.3 Å². The lowest BCUT2D eigenvalue weighted by Gasteiger charge is -2.07. The van der Waals surface area contributed by atoms with Crippen LogP contribution in [0.15, 0.2) is 53.7 Å². The van der Waals surface area contributed by atoms with Gasteiger partial charge in [0.1, 0.15) is 0 Å². The number of hydrogen-bond acceptors (Lipinski definition) is 3. The van der Waals surface area contributed by atoms with Crippen LogP contribution in [-0.4, -0.2) is 17.6 Å². The van der Waals surface area contributed by atoms with Crippen LogP contribution in [0.3, 0.4) is 0 Å². The van der Waals surface area contributed by atoms with Crippen molar-refractivity contribution < 1.29 is 5.21 Å². The highest BCUT2D eigenvalue weighted by Crippen LogP contribution is 2.06. The molecule has 0 spiro atoms. The van der Waals surface area contributed by atoms with Crippen LogP contribution < -0.4 is 11.1 Å². The SMILES string of the molecule is Cc1cccc(CCNCc2cccc(C(N)=NO)c2)c1. The van der Waals surface area contributed by atoms with Gasteiger partial charge in [0.05, 0.1) is 0 Å². The summed E-state index contributed by atoms with van der Waals surface area (Å²) in [5, 5.41) is 15.1. The Morgan fingerprint density at radius 2 is 1.90 bits per heavy atom. The number of amidine groups is 1. The first-order valence-electron chi connectivity index (χ1n) is 7.02. The molecule has 0 aliphatic heterocycles. The van der Waals surface area contributed by atoms with Crippen molar-refractivity contribution in [1.29, 1.82) is 0 Å². The molecule has 4 heteroatoms. The van der Waals surface area contributed by atoms with Crippen LogP contribution in [0, 0.1) is 6.92 Å². The molecule has 0 bridgehead atoms. The minimum atomic E-state index is 0.136. The van der Waals surface area contributed by atoms with E-state index in [2.05, 4.69) is 41.7 Å². The summed E-state index contributed by atoms with van der Waals surface area (Å²) in [6, 6.07) is 16.2. The third kappa shape index (κ3) is 4.61. The van der Waals surface area contributed by atoms with Gasteiger partial charge in [-0.15, -0.1) is 0 Å². The van der Waals surface area contributed by atoms with Gasteiger partial charge in [-0.05, 0) is 37.1 Å². The smallest absolute Gasteiger partial charge is 0.170 e. The summed E-state index contributed by atoms with van der Waals surface area (Å²) in [6.07, 6.45) is 1.00. The van der Waals surface area contributed by atoms with Gasteiger partial charge >= 0.3 is 0 Å². The van der Waals surface area contributed by atoms with E-state index in [1.165, 1.54) is 11.1 Å². The molecule has 4 nitrogen and oxygen atoms in total. The highest BCUT2D eigenvalue weighted by molar-refractivity contribution is 5.97. The number of aryl methyl sites for hydroxylation is 1. The van der Waals surface area contributed by atoms with Crippen molar-refractivity contribution in [1.82, 2.24) is 5.32 Å². The molecule has 0 aliphatic carbocycles. The van der Waals surface area contributed by atoms with E-state index in [1.807, 2.05) is 24.3 Å². The maximum absolute atomic E-state index is 8.69. The largest absolute Gasteiger partial charge is 0.409 e. The molecule has 110 valence electrons. The zero-order valence-corrected chi connectivity index (χ0v) is 12.2. The van der Waals surface area contributed by atoms with Gasteiger partial charge in [-0.3, -0.25) is 0 Å². The molecule has 0 unspecified atom stereocenters. The summed E-state index contributed by atoms with van der Waals surface area (Å²) in [5.41, 5.74) is 10.1. The molecule has 0 saturated heterocycles. The predicted octanol–water partition coefficient (Wildman–Crippen LogP) is 2.42. The Labute approximate surface area is 125 Å². The zero-order valence-electron chi connectivity index (χ0n) is 12.2. The normalized spacial score (nSPS) is 11.6. The molecule has 21 heavy (non-hydrogen) atoms. The van der Waals surface area contributed by atoms with E-state index in [0.717, 1.165) is 30.6 Å². The fourth-order valence-corrected chi connectivity index (χ4v) is 2.23. The number of rotatable bonds is 6. The zero-order chi connectivity index (χ0) is 15.1. The van der Waals surface area contributed by atoms with Crippen LogP contribution in [0.25, 0.3) is 0 Å². The molecule has 0 aromatic heterocycles. The average Bonchev–Trinajstić information content (AvgIpc) is 2.51. The first kappa shape index (κ1) is 15.1. The Kier molecular flexibility index (Phi) is 5.35. The van der Waals surface area contributed by atoms with Gasteiger partial charge in [-0.2, -0.15) is 0 Å². The van der Waals surface area contributed by atoms with Gasteiger partial charge in [0.2, 0.25) is 0 Å². The number of nitrogens with zero attached hydrogens (tertiary/aromatic N) is 1. The highest BCUT2D eigenvalue weighted by Gasteiger charge is 2.00. The molecule has 0 radical (unpaired) electrons. The number of nitrogens with one attached hydrogen (secondary N) is 1. The van der Waals surface area contributed by atoms with Crippen LogP contribution in [0.2, 0.25) is 0 Å². The fourth-order valence-electron chi connectivity index (χ4n) is 2.23. The van der Waals surface area contributed by atoms with Crippen LogP contribution >= 0.6 is 0 Å². The fraction of sp³-hybridized carbons (Fsp3) is 0.235. The minimum Gasteiger partial charge on any atom is -0.409 e. The molecule has 0 heterocycles. The molecular formula is C17H21N3O. The number of hydrogen-bond donors (Lipinski definition) is 3. The van der Waals surface area contributed by atoms with Gasteiger partial charge in [-0.1, -0.05) is 53.2 Å². The number of benzene rings is 2. The summed E-state index contributed by atoms with van der Waals surface area (Å²) in [5.74, 6) is 0.136. The van der Waals surface area contributed by atoms with E-state index in [-0.39, 0.29) is 5.84 Å². The Morgan fingerprint density at radius 3 is 2.67 bits per heavy atom. The summed E-state index contributed by atoms with van der Waals surface area (Å²) >= 11 is 0. The van der Waals surface area contributed by atoms with Crippen molar-refractivity contribution in [2.75, 3.05) is 6.54 Å². The Hall–Kier alpha value is -2.33. The molecule has 0 aliphatic rings. The van der Waals surface area contributed by atoms with E-state index >= 15 is 0 Å². The molecule has 0 amide bonds. The molecule has 0 atom stereocenters. The van der Waals surface area contributed by atoms with Gasteiger partial charge in [-0.25, -0.2) is 0 Å². The van der Waals surface area contributed by atoms with Crippen molar-refractivity contribution >= 4 is 5.84 Å². The van der Waals surface area contributed by atoms with E-state index in [1.54, 1.807) is 0 Å². The molecular weight excluding hydrogens is 262 g/mol. The van der Waals surface area contributed by atoms with Gasteiger partial charge in [0.15, 0.2) is 5.84 Å². The highest BCUT2D eigenvalue weighted by atomic mass is 16.4. The molecule has 4 N–H and O–H groups in total. The van der Waals surface area contributed by atoms with Crippen molar-refractivity contribution in [3.63, 3.8) is 0 Å². The summed E-state index contributed by atoms with van der Waals surface area (Å²) in [4.78, 5) is 0. The lowest BCUT2D eigenvalue weighted by atomic mass is 10.1. The standard InChI is InChI=1S/C17H21N3O/c1-13-4-2-5-14(10-13)8-9-19-12-15-6-3-7-16(11-15)17(18)20-21/h2-7,10-11,19,21H,8-9,12H2,1H3,(H2,18,20). The maximum atomic E-state index is 8.69. The maximum Gasteiger partial charge on any atom is 0.170 e. The topological polar surface area (TPSA) is 70.6 Å². The summed E-state index contributed by atoms with van der Waals surface area (Å²) in [6.45, 7) is 3.78. The predicted molar refractivity (Wildman–Crippen MR) is 85.5 cm³/mol. The van der Waals surface area contributed by atoms with Crippen molar-refractivity contribution in [3.8, 4) is 0 Å². The van der Waals surface area contributed by atoms with Crippen molar-refractivity contribution in [2.45, 2.75) is 19.9 Å². The molecule has 2 aromatic rings. The monoisotopic (exact) mass is 283 g/mol. The van der Waals surface area contributed by atoms with E-state index in [9.17, 15) is 0 Å². The third-order valence-corrected chi connectivity index (χ3v) is 3.33. The number of oxime groups is 1. The summed E-state index contributed by atoms with van der Waals surface area (Å²) in [7, 11) is 0. The molecule has 0 fully saturated rings. The Bertz CT molecular complexity index is 623. The van der Waals surface area contributed by atoms with Gasteiger partial charge in [0, 0.05) is 12.1 Å². The van der Waals surface area contributed by atoms with Crippen molar-refractivity contribution in [2.24, 2.45) is 10.9 Å². The minimum absolute atomic E-state index is 0.136. The molecule has 2 aromatic carbocycles. The second-order valence-corrected chi connectivity index (χ2v) is 5.10. The second kappa shape index (κ2) is 7.45. The lowest BCUT2D eigenvalue weighted by Crippen LogP contribution is -2.18. The lowest BCUT2D eigenvalue weighted by molar-refractivity contribution is 0.318. The first-order chi connectivity index (χ1) is 10.2. The first-order valence-corrected chi connectivity index (χ1v) is 7.02.